The van der Waals surface area contributed by atoms with Crippen LogP contribution in [0, 0.1) is 17.1 Å². The Morgan fingerprint density at radius 1 is 1.00 bits per heavy atom. The third-order valence-electron chi connectivity index (χ3n) is 6.32. The van der Waals surface area contributed by atoms with Crippen molar-refractivity contribution >= 4 is 17.1 Å². The highest BCUT2D eigenvalue weighted by molar-refractivity contribution is 5.88. The summed E-state index contributed by atoms with van der Waals surface area (Å²) in [4.78, 5) is 17.2. The van der Waals surface area contributed by atoms with Gasteiger partial charge in [0.05, 0.1) is 30.3 Å². The van der Waals surface area contributed by atoms with Gasteiger partial charge in [0.25, 0.3) is 0 Å². The molecule has 1 aliphatic heterocycles. The van der Waals surface area contributed by atoms with Crippen LogP contribution in [0.4, 0.5) is 9.18 Å². The Hall–Kier alpha value is -4.29. The molecule has 1 unspecified atom stereocenters. The van der Waals surface area contributed by atoms with Gasteiger partial charge in [-0.3, -0.25) is 4.90 Å². The number of hydrogen-bond acceptors (Lipinski definition) is 6. The molecule has 3 aromatic carbocycles. The smallest absolute Gasteiger partial charge is 0.346 e. The van der Waals surface area contributed by atoms with E-state index in [1.54, 1.807) is 42.3 Å². The fourth-order valence-corrected chi connectivity index (χ4v) is 4.49. The number of rotatable bonds is 4. The maximum absolute atomic E-state index is 13.6. The number of methoxy groups -OCH3 is 1. The van der Waals surface area contributed by atoms with E-state index < -0.39 is 0 Å². The van der Waals surface area contributed by atoms with Crippen molar-refractivity contribution in [2.24, 2.45) is 0 Å². The first kappa shape index (κ1) is 22.5. The molecule has 0 spiro atoms. The van der Waals surface area contributed by atoms with Crippen LogP contribution in [0.3, 0.4) is 0 Å². The molecule has 1 fully saturated rings. The molecule has 176 valence electrons. The summed E-state index contributed by atoms with van der Waals surface area (Å²) in [7, 11) is 1.63. The minimum absolute atomic E-state index is 0.0876. The number of hydrogen-bond donors (Lipinski definition) is 0. The Balaban J connectivity index is 1.36. The summed E-state index contributed by atoms with van der Waals surface area (Å²) in [6, 6.07) is 21.1. The first-order chi connectivity index (χ1) is 17.1. The molecule has 2 heterocycles. The molecule has 4 aromatic rings. The zero-order valence-corrected chi connectivity index (χ0v) is 19.1. The minimum Gasteiger partial charge on any atom is -0.497 e. The highest BCUT2D eigenvalue weighted by Crippen LogP contribution is 2.31. The van der Waals surface area contributed by atoms with Crippen molar-refractivity contribution in [2.75, 3.05) is 33.3 Å². The Morgan fingerprint density at radius 2 is 1.66 bits per heavy atom. The average molecular weight is 471 g/mol. The lowest BCUT2D eigenvalue weighted by Crippen LogP contribution is -2.51. The summed E-state index contributed by atoms with van der Waals surface area (Å²) < 4.78 is 20.2. The number of fused-ring (bicyclic) bond motifs is 1. The van der Waals surface area contributed by atoms with Crippen molar-refractivity contribution in [3.8, 4) is 11.8 Å². The highest BCUT2D eigenvalue weighted by atomic mass is 19.1. The molecule has 1 atom stereocenters. The van der Waals surface area contributed by atoms with Crippen LogP contribution in [0.15, 0.2) is 66.7 Å². The lowest BCUT2D eigenvalue weighted by atomic mass is 9.96. The maximum Gasteiger partial charge on any atom is 0.346 e. The summed E-state index contributed by atoms with van der Waals surface area (Å²) in [6.07, 6.45) is 0. The quantitative estimate of drug-likeness (QED) is 0.451. The number of carbonyl (C=O) groups is 1. The van der Waals surface area contributed by atoms with Crippen LogP contribution < -0.4 is 4.74 Å². The first-order valence-corrected chi connectivity index (χ1v) is 11.3. The van der Waals surface area contributed by atoms with E-state index in [9.17, 15) is 9.18 Å². The van der Waals surface area contributed by atoms with Crippen LogP contribution in [0.1, 0.15) is 22.7 Å². The second-order valence-electron chi connectivity index (χ2n) is 8.35. The predicted molar refractivity (Wildman–Crippen MR) is 127 cm³/mol. The van der Waals surface area contributed by atoms with Crippen LogP contribution in [-0.4, -0.2) is 64.1 Å². The van der Waals surface area contributed by atoms with Crippen molar-refractivity contribution in [1.82, 2.24) is 24.8 Å². The molecule has 0 bridgehead atoms. The molecule has 5 rings (SSSR count). The predicted octanol–water partition coefficient (Wildman–Crippen LogP) is 3.83. The zero-order valence-electron chi connectivity index (χ0n) is 19.1. The van der Waals surface area contributed by atoms with E-state index in [0.717, 1.165) is 16.9 Å². The van der Waals surface area contributed by atoms with Gasteiger partial charge in [-0.05, 0) is 53.6 Å². The number of halogens is 1. The van der Waals surface area contributed by atoms with E-state index in [2.05, 4.69) is 21.3 Å². The molecule has 8 nitrogen and oxygen atoms in total. The Morgan fingerprint density at radius 3 is 2.29 bits per heavy atom. The van der Waals surface area contributed by atoms with E-state index in [0.29, 0.717) is 42.8 Å². The monoisotopic (exact) mass is 470 g/mol. The minimum atomic E-state index is -0.278. The summed E-state index contributed by atoms with van der Waals surface area (Å²) in [6.45, 7) is 2.27. The molecular weight excluding hydrogens is 447 g/mol. The molecule has 0 radical (unpaired) electrons. The maximum atomic E-state index is 13.6. The molecule has 0 saturated carbocycles. The average Bonchev–Trinajstić information content (AvgIpc) is 3.33. The Labute approximate surface area is 201 Å². The van der Waals surface area contributed by atoms with Crippen molar-refractivity contribution in [2.45, 2.75) is 6.04 Å². The number of nitrogens with zero attached hydrogens (tertiary/aromatic N) is 6. The molecule has 1 aromatic heterocycles. The molecule has 0 N–H and O–H groups in total. The van der Waals surface area contributed by atoms with Gasteiger partial charge in [-0.2, -0.15) is 9.94 Å². The van der Waals surface area contributed by atoms with Gasteiger partial charge in [-0.15, -0.1) is 5.10 Å². The van der Waals surface area contributed by atoms with E-state index in [-0.39, 0.29) is 17.9 Å². The van der Waals surface area contributed by atoms with Crippen molar-refractivity contribution in [3.05, 3.63) is 89.2 Å². The van der Waals surface area contributed by atoms with E-state index >= 15 is 0 Å². The highest BCUT2D eigenvalue weighted by Gasteiger charge is 2.29. The lowest BCUT2D eigenvalue weighted by molar-refractivity contribution is 0.120. The van der Waals surface area contributed by atoms with Crippen molar-refractivity contribution in [1.29, 1.82) is 5.26 Å². The SMILES string of the molecule is COc1ccc(C(c2ccc(F)cc2)N2CCN(C(=O)n3nnc4cc(C#N)ccc43)CC2)cc1. The van der Waals surface area contributed by atoms with Crippen LogP contribution in [-0.2, 0) is 0 Å². The van der Waals surface area contributed by atoms with Crippen LogP contribution in [0.25, 0.3) is 11.0 Å². The van der Waals surface area contributed by atoms with Gasteiger partial charge in [-0.25, -0.2) is 9.18 Å². The first-order valence-electron chi connectivity index (χ1n) is 11.3. The van der Waals surface area contributed by atoms with Gasteiger partial charge in [-0.1, -0.05) is 29.5 Å². The normalized spacial score (nSPS) is 15.1. The van der Waals surface area contributed by atoms with E-state index in [1.165, 1.54) is 16.8 Å². The van der Waals surface area contributed by atoms with Gasteiger partial charge in [0, 0.05) is 26.2 Å². The molecule has 1 amide bonds. The molecular formula is C26H23FN6O2. The number of nitriles is 1. The van der Waals surface area contributed by atoms with Crippen molar-refractivity contribution < 1.29 is 13.9 Å². The third kappa shape index (κ3) is 4.44. The molecule has 1 saturated heterocycles. The number of ether oxygens (including phenoxy) is 1. The molecule has 0 aliphatic carbocycles. The zero-order chi connectivity index (χ0) is 24.4. The number of piperazine rings is 1. The van der Waals surface area contributed by atoms with Gasteiger partial charge in [0.2, 0.25) is 0 Å². The number of carbonyl (C=O) groups excluding carboxylic acids is 1. The van der Waals surface area contributed by atoms with E-state index in [4.69, 9.17) is 10.00 Å². The molecule has 9 heteroatoms. The standard InChI is InChI=1S/C26H23FN6O2/c1-35-22-9-5-20(6-10-22)25(19-3-7-21(27)8-4-19)31-12-14-32(15-13-31)26(34)33-24-11-2-18(17-28)16-23(24)29-30-33/h2-11,16,25H,12-15H2,1H3. The number of amides is 1. The van der Waals surface area contributed by atoms with E-state index in [1.807, 2.05) is 24.3 Å². The van der Waals surface area contributed by atoms with Crippen molar-refractivity contribution in [3.63, 3.8) is 0 Å². The largest absolute Gasteiger partial charge is 0.497 e. The Bertz CT molecular complexity index is 1390. The van der Waals surface area contributed by atoms with Crippen LogP contribution in [0.5, 0.6) is 5.75 Å². The second-order valence-corrected chi connectivity index (χ2v) is 8.35. The molecule has 35 heavy (non-hydrogen) atoms. The van der Waals surface area contributed by atoms with Gasteiger partial charge < -0.3 is 9.64 Å². The Kier molecular flexibility index (Phi) is 6.12. The summed E-state index contributed by atoms with van der Waals surface area (Å²) in [5.74, 6) is 0.489. The van der Waals surface area contributed by atoms with Gasteiger partial charge >= 0.3 is 6.03 Å². The van der Waals surface area contributed by atoms with Gasteiger partial charge in [0.1, 0.15) is 17.1 Å². The van der Waals surface area contributed by atoms with Crippen LogP contribution in [0.2, 0.25) is 0 Å². The number of benzene rings is 3. The topological polar surface area (TPSA) is 87.3 Å². The third-order valence-corrected chi connectivity index (χ3v) is 6.32. The fraction of sp³-hybridized carbons (Fsp3) is 0.231. The fourth-order valence-electron chi connectivity index (χ4n) is 4.49. The van der Waals surface area contributed by atoms with Crippen LogP contribution >= 0.6 is 0 Å². The lowest BCUT2D eigenvalue weighted by Gasteiger charge is -2.39. The molecule has 1 aliphatic rings. The summed E-state index contributed by atoms with van der Waals surface area (Å²) in [5.41, 5.74) is 3.58. The van der Waals surface area contributed by atoms with Gasteiger partial charge in [0.15, 0.2) is 0 Å². The second kappa shape index (κ2) is 9.52. The summed E-state index contributed by atoms with van der Waals surface area (Å²) in [5, 5.41) is 17.2. The number of aromatic nitrogens is 3. The summed E-state index contributed by atoms with van der Waals surface area (Å²) >= 11 is 0.